The van der Waals surface area contributed by atoms with Crippen LogP contribution < -0.4 is 5.32 Å². The van der Waals surface area contributed by atoms with Gasteiger partial charge in [0.2, 0.25) is 5.91 Å². The number of hydrogen-bond acceptors (Lipinski definition) is 7. The summed E-state index contributed by atoms with van der Waals surface area (Å²) >= 11 is 1.60. The molecule has 1 amide bonds. The molecule has 7 nitrogen and oxygen atoms in total. The Hall–Kier alpha value is -4.03. The second-order valence-corrected chi connectivity index (χ2v) is 11.2. The van der Waals surface area contributed by atoms with Crippen molar-refractivity contribution < 1.29 is 9.53 Å². The summed E-state index contributed by atoms with van der Waals surface area (Å²) in [5.74, 6) is 0.0219. The van der Waals surface area contributed by atoms with E-state index in [1.807, 2.05) is 66.4 Å². The molecule has 2 aromatic carbocycles. The number of pyridine rings is 1. The number of anilines is 1. The summed E-state index contributed by atoms with van der Waals surface area (Å²) in [5, 5.41) is 14.7. The first kappa shape index (κ1) is 27.5. The van der Waals surface area contributed by atoms with Gasteiger partial charge in [0.25, 0.3) is 0 Å². The number of likely N-dealkylation sites (N-methyl/N-ethyl adjacent to an activating group) is 1. The first-order chi connectivity index (χ1) is 19.5. The van der Waals surface area contributed by atoms with Crippen LogP contribution in [0.2, 0.25) is 0 Å². The van der Waals surface area contributed by atoms with E-state index >= 15 is 0 Å². The normalized spacial score (nSPS) is 13.9. The summed E-state index contributed by atoms with van der Waals surface area (Å²) < 4.78 is 6.16. The fourth-order valence-corrected chi connectivity index (χ4v) is 6.12. The molecule has 1 aliphatic heterocycles. The predicted octanol–water partition coefficient (Wildman–Crippen LogP) is 5.54. The van der Waals surface area contributed by atoms with E-state index in [9.17, 15) is 10.1 Å². The van der Waals surface area contributed by atoms with Crippen LogP contribution in [-0.4, -0.2) is 54.5 Å². The topological polar surface area (TPSA) is 81.5 Å². The van der Waals surface area contributed by atoms with Gasteiger partial charge in [0.05, 0.1) is 37.1 Å². The Kier molecular flexibility index (Phi) is 8.87. The second-order valence-electron chi connectivity index (χ2n) is 10.1. The molecule has 8 heteroatoms. The minimum Gasteiger partial charge on any atom is -0.374 e. The lowest BCUT2D eigenvalue weighted by Gasteiger charge is -2.27. The number of thiophene rings is 1. The SMILES string of the molecule is CN(C)C/C=C/C(=O)N1CCc2c(sc3ncc(C#N)c(N[C@H](COCc4ccccc4)c4ccccc4)c23)C1. The van der Waals surface area contributed by atoms with E-state index in [2.05, 4.69) is 40.6 Å². The quantitative estimate of drug-likeness (QED) is 0.261. The number of benzene rings is 2. The van der Waals surface area contributed by atoms with Gasteiger partial charge in [-0.15, -0.1) is 11.3 Å². The highest BCUT2D eigenvalue weighted by molar-refractivity contribution is 7.19. The molecule has 0 unspecified atom stereocenters. The number of rotatable bonds is 10. The Labute approximate surface area is 239 Å². The lowest BCUT2D eigenvalue weighted by molar-refractivity contribution is -0.126. The van der Waals surface area contributed by atoms with Gasteiger partial charge in [-0.05, 0) is 37.2 Å². The lowest BCUT2D eigenvalue weighted by atomic mass is 10.0. The summed E-state index contributed by atoms with van der Waals surface area (Å²) in [7, 11) is 3.95. The Bertz CT molecular complexity index is 1530. The molecule has 4 aromatic rings. The fraction of sp³-hybridized carbons (Fsp3) is 0.281. The van der Waals surface area contributed by atoms with Gasteiger partial charge in [0.15, 0.2) is 0 Å². The number of fused-ring (bicyclic) bond motifs is 3. The number of nitriles is 1. The van der Waals surface area contributed by atoms with Gasteiger partial charge in [-0.2, -0.15) is 5.26 Å². The first-order valence-corrected chi connectivity index (χ1v) is 14.2. The number of aromatic nitrogens is 1. The van der Waals surface area contributed by atoms with Gasteiger partial charge in [-0.1, -0.05) is 66.7 Å². The van der Waals surface area contributed by atoms with Gasteiger partial charge in [0.1, 0.15) is 10.9 Å². The third kappa shape index (κ3) is 6.40. The lowest BCUT2D eigenvalue weighted by Crippen LogP contribution is -2.34. The second kappa shape index (κ2) is 12.9. The summed E-state index contributed by atoms with van der Waals surface area (Å²) in [5.41, 5.74) is 4.65. The summed E-state index contributed by atoms with van der Waals surface area (Å²) in [6.07, 6.45) is 5.92. The van der Waals surface area contributed by atoms with Crippen molar-refractivity contribution in [3.8, 4) is 6.07 Å². The molecule has 0 saturated heterocycles. The van der Waals surface area contributed by atoms with Crippen LogP contribution in [0.5, 0.6) is 0 Å². The highest BCUT2D eigenvalue weighted by atomic mass is 32.1. The summed E-state index contributed by atoms with van der Waals surface area (Å²) in [6.45, 7) is 2.83. The van der Waals surface area contributed by atoms with Gasteiger partial charge in [0, 0.05) is 35.6 Å². The zero-order valence-electron chi connectivity index (χ0n) is 22.8. The molecule has 1 aliphatic rings. The van der Waals surface area contributed by atoms with Crippen LogP contribution in [0.1, 0.15) is 33.2 Å². The average Bonchev–Trinajstić information content (AvgIpc) is 3.35. The van der Waals surface area contributed by atoms with Crippen molar-refractivity contribution in [1.82, 2.24) is 14.8 Å². The number of ether oxygens (including phenoxy) is 1. The molecule has 3 heterocycles. The molecule has 0 bridgehead atoms. The maximum atomic E-state index is 12.8. The number of hydrogen-bond donors (Lipinski definition) is 1. The number of carbonyl (C=O) groups excluding carboxylic acids is 1. The summed E-state index contributed by atoms with van der Waals surface area (Å²) in [6, 6.07) is 22.5. The van der Waals surface area contributed by atoms with Crippen LogP contribution >= 0.6 is 11.3 Å². The summed E-state index contributed by atoms with van der Waals surface area (Å²) in [4.78, 5) is 23.4. The smallest absolute Gasteiger partial charge is 0.246 e. The first-order valence-electron chi connectivity index (χ1n) is 13.4. The number of carbonyl (C=O) groups is 1. The molecular weight excluding hydrogens is 518 g/mol. The molecule has 0 spiro atoms. The van der Waals surface area contributed by atoms with E-state index in [-0.39, 0.29) is 11.9 Å². The highest BCUT2D eigenvalue weighted by Crippen LogP contribution is 2.40. The maximum Gasteiger partial charge on any atom is 0.246 e. The van der Waals surface area contributed by atoms with E-state index in [1.165, 1.54) is 5.56 Å². The van der Waals surface area contributed by atoms with E-state index < -0.39 is 0 Å². The third-order valence-electron chi connectivity index (χ3n) is 6.95. The Morgan fingerprint density at radius 3 is 2.67 bits per heavy atom. The number of amides is 1. The fourth-order valence-electron chi connectivity index (χ4n) is 4.90. The van der Waals surface area contributed by atoms with E-state index in [0.29, 0.717) is 38.3 Å². The number of nitrogens with zero attached hydrogens (tertiary/aromatic N) is 4. The largest absolute Gasteiger partial charge is 0.374 e. The van der Waals surface area contributed by atoms with Crippen molar-refractivity contribution in [2.75, 3.05) is 39.1 Å². The van der Waals surface area contributed by atoms with Gasteiger partial charge >= 0.3 is 0 Å². The molecular formula is C32H33N5O2S. The van der Waals surface area contributed by atoms with Crippen molar-refractivity contribution in [2.45, 2.75) is 25.6 Å². The van der Waals surface area contributed by atoms with Crippen LogP contribution in [0.3, 0.4) is 0 Å². The minimum atomic E-state index is -0.165. The van der Waals surface area contributed by atoms with Gasteiger partial charge in [-0.3, -0.25) is 4.79 Å². The molecule has 0 saturated carbocycles. The van der Waals surface area contributed by atoms with Crippen molar-refractivity contribution in [1.29, 1.82) is 5.26 Å². The predicted molar refractivity (Wildman–Crippen MR) is 160 cm³/mol. The van der Waals surface area contributed by atoms with E-state index in [0.717, 1.165) is 38.5 Å². The van der Waals surface area contributed by atoms with Crippen LogP contribution in [-0.2, 0) is 29.1 Å². The van der Waals surface area contributed by atoms with Crippen molar-refractivity contribution in [3.05, 3.63) is 106 Å². The Balaban J connectivity index is 1.42. The van der Waals surface area contributed by atoms with Crippen LogP contribution in [0.4, 0.5) is 5.69 Å². The van der Waals surface area contributed by atoms with Gasteiger partial charge in [-0.25, -0.2) is 4.98 Å². The van der Waals surface area contributed by atoms with Gasteiger partial charge < -0.3 is 19.9 Å². The maximum absolute atomic E-state index is 12.8. The molecule has 5 rings (SSSR count). The van der Waals surface area contributed by atoms with Crippen LogP contribution in [0.15, 0.2) is 79.0 Å². The van der Waals surface area contributed by atoms with Crippen molar-refractivity contribution in [2.24, 2.45) is 0 Å². The van der Waals surface area contributed by atoms with Crippen LogP contribution in [0.25, 0.3) is 10.2 Å². The molecule has 0 fully saturated rings. The van der Waals surface area contributed by atoms with E-state index in [4.69, 9.17) is 4.74 Å². The number of nitrogens with one attached hydrogen (secondary N) is 1. The molecule has 0 aliphatic carbocycles. The molecule has 40 heavy (non-hydrogen) atoms. The Morgan fingerprint density at radius 2 is 1.95 bits per heavy atom. The molecule has 204 valence electrons. The molecule has 2 aromatic heterocycles. The average molecular weight is 552 g/mol. The van der Waals surface area contributed by atoms with Crippen LogP contribution in [0, 0.1) is 11.3 Å². The zero-order valence-corrected chi connectivity index (χ0v) is 23.7. The monoisotopic (exact) mass is 551 g/mol. The zero-order chi connectivity index (χ0) is 27.9. The van der Waals surface area contributed by atoms with Crippen molar-refractivity contribution in [3.63, 3.8) is 0 Å². The molecule has 0 radical (unpaired) electrons. The van der Waals surface area contributed by atoms with E-state index in [1.54, 1.807) is 23.6 Å². The van der Waals surface area contributed by atoms with Crippen molar-refractivity contribution >= 4 is 33.1 Å². The Morgan fingerprint density at radius 1 is 1.20 bits per heavy atom. The minimum absolute atomic E-state index is 0.0219. The standard InChI is InChI=1S/C32H33N5O2S/c1-36(2)16-9-14-29(38)37-17-15-26-28(20-37)40-32-30(26)31(25(18-33)19-34-32)35-27(24-12-7-4-8-13-24)22-39-21-23-10-5-3-6-11-23/h3-14,19,27H,15-17,20-22H2,1-2H3,(H,34,35)/b14-9+/t27-/m1/s1. The molecule has 1 N–H and O–H groups in total. The highest BCUT2D eigenvalue weighted by Gasteiger charge is 2.27. The third-order valence-corrected chi connectivity index (χ3v) is 8.07. The molecule has 1 atom stereocenters.